The van der Waals surface area contributed by atoms with Gasteiger partial charge in [-0.15, -0.1) is 0 Å². The maximum Gasteiger partial charge on any atom is 0.263 e. The van der Waals surface area contributed by atoms with E-state index >= 15 is 0 Å². The van der Waals surface area contributed by atoms with Gasteiger partial charge in [0.05, 0.1) is 22.6 Å². The van der Waals surface area contributed by atoms with E-state index in [0.717, 1.165) is 11.3 Å². The van der Waals surface area contributed by atoms with E-state index in [1.165, 1.54) is 18.3 Å². The maximum atomic E-state index is 12.1. The molecule has 0 unspecified atom stereocenters. The number of aliphatic hydroxyl groups is 1. The quantitative estimate of drug-likeness (QED) is 0.842. The van der Waals surface area contributed by atoms with E-state index in [1.807, 2.05) is 0 Å². The Balaban J connectivity index is 2.13. The molecule has 0 aliphatic heterocycles. The minimum Gasteiger partial charge on any atom is -0.395 e. The summed E-state index contributed by atoms with van der Waals surface area (Å²) in [5.74, 6) is 5.56. The highest BCUT2D eigenvalue weighted by Gasteiger charge is 2.15. The molecule has 0 bridgehead atoms. The summed E-state index contributed by atoms with van der Waals surface area (Å²) < 4.78 is 26.5. The van der Waals surface area contributed by atoms with Gasteiger partial charge in [0.2, 0.25) is 0 Å². The first-order chi connectivity index (χ1) is 9.62. The monoisotopic (exact) mass is 308 g/mol. The molecule has 0 amide bonds. The predicted molar refractivity (Wildman–Crippen MR) is 77.9 cm³/mol. The van der Waals surface area contributed by atoms with Crippen LogP contribution in [0.2, 0.25) is 0 Å². The fraction of sp³-hybridized carbons (Fsp3) is 0.154. The molecule has 1 heterocycles. The number of hydrogen-bond donors (Lipinski definition) is 2. The average Bonchev–Trinajstić information content (AvgIpc) is 2.87. The van der Waals surface area contributed by atoms with E-state index in [0.29, 0.717) is 11.3 Å². The van der Waals surface area contributed by atoms with Gasteiger partial charge < -0.3 is 5.11 Å². The van der Waals surface area contributed by atoms with Crippen LogP contribution in [0.5, 0.6) is 0 Å². The largest absolute Gasteiger partial charge is 0.395 e. The molecule has 2 aromatic rings. The second kappa shape index (κ2) is 6.52. The van der Waals surface area contributed by atoms with Crippen LogP contribution in [0.3, 0.4) is 0 Å². The van der Waals surface area contributed by atoms with Gasteiger partial charge in [0.25, 0.3) is 10.0 Å². The summed E-state index contributed by atoms with van der Waals surface area (Å²) in [5.41, 5.74) is 0. The average molecular weight is 308 g/mol. The summed E-state index contributed by atoms with van der Waals surface area (Å²) >= 11 is 1.15. The van der Waals surface area contributed by atoms with Crippen LogP contribution < -0.4 is 4.72 Å². The van der Waals surface area contributed by atoms with Gasteiger partial charge in [0.1, 0.15) is 0 Å². The number of anilines is 1. The van der Waals surface area contributed by atoms with Crippen molar-refractivity contribution in [3.8, 4) is 11.8 Å². The third-order valence-electron chi connectivity index (χ3n) is 2.23. The number of benzene rings is 1. The highest BCUT2D eigenvalue weighted by molar-refractivity contribution is 7.93. The molecule has 0 spiro atoms. The van der Waals surface area contributed by atoms with Crippen LogP contribution in [0.1, 0.15) is 11.3 Å². The Kier molecular flexibility index (Phi) is 4.74. The first-order valence-electron chi connectivity index (χ1n) is 5.75. The number of aliphatic hydroxyl groups excluding tert-OH is 1. The summed E-state index contributed by atoms with van der Waals surface area (Å²) in [5, 5.41) is 8.89. The number of thiazole rings is 1. The molecule has 0 aliphatic carbocycles. The second-order valence-electron chi connectivity index (χ2n) is 3.72. The van der Waals surface area contributed by atoms with Crippen molar-refractivity contribution >= 4 is 26.5 Å². The third-order valence-corrected chi connectivity index (χ3v) is 4.54. The lowest BCUT2D eigenvalue weighted by Gasteiger charge is -2.03. The van der Waals surface area contributed by atoms with Crippen LogP contribution in [0.25, 0.3) is 0 Å². The third kappa shape index (κ3) is 3.81. The maximum absolute atomic E-state index is 12.1. The lowest BCUT2D eigenvalue weighted by Crippen LogP contribution is -2.12. The molecule has 0 radical (unpaired) electrons. The molecule has 5 nitrogen and oxygen atoms in total. The number of hydrogen-bond acceptors (Lipinski definition) is 5. The molecule has 0 saturated carbocycles. The van der Waals surface area contributed by atoms with Gasteiger partial charge in [0.15, 0.2) is 5.13 Å². The zero-order chi connectivity index (χ0) is 14.4. The predicted octanol–water partition coefficient (Wildman–Crippen LogP) is 1.68. The van der Waals surface area contributed by atoms with Gasteiger partial charge >= 0.3 is 0 Å². The SMILES string of the molecule is O=S(=O)(Nc1ncc(C#CCCO)s1)c1ccccc1. The molecule has 0 fully saturated rings. The van der Waals surface area contributed by atoms with Crippen molar-refractivity contribution in [2.45, 2.75) is 11.3 Å². The Labute approximate surface area is 121 Å². The number of rotatable bonds is 4. The molecule has 2 N–H and O–H groups in total. The van der Waals surface area contributed by atoms with Crippen molar-refractivity contribution in [1.29, 1.82) is 0 Å². The Bertz CT molecular complexity index is 728. The van der Waals surface area contributed by atoms with Gasteiger partial charge in [-0.2, -0.15) is 0 Å². The van der Waals surface area contributed by atoms with Crippen LogP contribution in [0, 0.1) is 11.8 Å². The van der Waals surface area contributed by atoms with Crippen molar-refractivity contribution < 1.29 is 13.5 Å². The summed E-state index contributed by atoms with van der Waals surface area (Å²) in [7, 11) is -3.62. The van der Waals surface area contributed by atoms with E-state index in [-0.39, 0.29) is 16.6 Å². The van der Waals surface area contributed by atoms with Gasteiger partial charge in [-0.1, -0.05) is 41.4 Å². The second-order valence-corrected chi connectivity index (χ2v) is 6.44. The molecule has 2 rings (SSSR count). The molecule has 7 heteroatoms. The smallest absolute Gasteiger partial charge is 0.263 e. The molecule has 1 aromatic heterocycles. The van der Waals surface area contributed by atoms with Crippen molar-refractivity contribution in [3.05, 3.63) is 41.4 Å². The number of nitrogens with zero attached hydrogens (tertiary/aromatic N) is 1. The molecule has 0 aliphatic rings. The van der Waals surface area contributed by atoms with E-state index in [9.17, 15) is 8.42 Å². The minimum absolute atomic E-state index is 0.000697. The zero-order valence-electron chi connectivity index (χ0n) is 10.4. The fourth-order valence-corrected chi connectivity index (χ4v) is 3.31. The lowest BCUT2D eigenvalue weighted by atomic mass is 10.4. The van der Waals surface area contributed by atoms with Crippen LogP contribution in [-0.4, -0.2) is 25.1 Å². The van der Waals surface area contributed by atoms with Gasteiger partial charge in [-0.05, 0) is 12.1 Å². The van der Waals surface area contributed by atoms with Gasteiger partial charge in [0, 0.05) is 6.42 Å². The Hall–Kier alpha value is -1.88. The Morgan fingerprint density at radius 1 is 1.30 bits per heavy atom. The van der Waals surface area contributed by atoms with E-state index in [1.54, 1.807) is 18.2 Å². The molecular weight excluding hydrogens is 296 g/mol. The molecule has 0 saturated heterocycles. The van der Waals surface area contributed by atoms with Crippen LogP contribution in [-0.2, 0) is 10.0 Å². The van der Waals surface area contributed by atoms with E-state index in [4.69, 9.17) is 5.11 Å². The van der Waals surface area contributed by atoms with Crippen LogP contribution >= 0.6 is 11.3 Å². The Morgan fingerprint density at radius 3 is 2.75 bits per heavy atom. The zero-order valence-corrected chi connectivity index (χ0v) is 12.0. The minimum atomic E-state index is -3.62. The highest BCUT2D eigenvalue weighted by atomic mass is 32.2. The standard InChI is InChI=1S/C13H12N2O3S2/c16-9-5-4-6-11-10-14-13(19-11)15-20(17,18)12-7-2-1-3-8-12/h1-3,7-8,10,16H,5,9H2,(H,14,15). The molecule has 20 heavy (non-hydrogen) atoms. The van der Waals surface area contributed by atoms with Crippen LogP contribution in [0.4, 0.5) is 5.13 Å². The molecular formula is C13H12N2O3S2. The fourth-order valence-electron chi connectivity index (χ4n) is 1.36. The van der Waals surface area contributed by atoms with E-state index in [2.05, 4.69) is 21.5 Å². The number of sulfonamides is 1. The molecule has 1 aromatic carbocycles. The highest BCUT2D eigenvalue weighted by Crippen LogP contribution is 2.21. The van der Waals surface area contributed by atoms with Gasteiger partial charge in [-0.3, -0.25) is 4.72 Å². The van der Waals surface area contributed by atoms with E-state index < -0.39 is 10.0 Å². The summed E-state index contributed by atoms with van der Waals surface area (Å²) in [4.78, 5) is 4.80. The van der Waals surface area contributed by atoms with Crippen molar-refractivity contribution in [3.63, 3.8) is 0 Å². The molecule has 0 atom stereocenters. The summed E-state index contributed by atoms with van der Waals surface area (Å²) in [6, 6.07) is 8.08. The topological polar surface area (TPSA) is 79.3 Å². The number of nitrogens with one attached hydrogen (secondary N) is 1. The lowest BCUT2D eigenvalue weighted by molar-refractivity contribution is 0.305. The first kappa shape index (κ1) is 14.5. The van der Waals surface area contributed by atoms with Gasteiger partial charge in [-0.25, -0.2) is 13.4 Å². The molecule has 104 valence electrons. The van der Waals surface area contributed by atoms with Crippen molar-refractivity contribution in [2.24, 2.45) is 0 Å². The van der Waals surface area contributed by atoms with Crippen molar-refractivity contribution in [1.82, 2.24) is 4.98 Å². The summed E-state index contributed by atoms with van der Waals surface area (Å²) in [6.07, 6.45) is 1.88. The van der Waals surface area contributed by atoms with Crippen LogP contribution in [0.15, 0.2) is 41.4 Å². The summed E-state index contributed by atoms with van der Waals surface area (Å²) in [6.45, 7) is -0.000697. The normalized spacial score (nSPS) is 10.7. The van der Waals surface area contributed by atoms with Crippen molar-refractivity contribution in [2.75, 3.05) is 11.3 Å². The number of aromatic nitrogens is 1. The first-order valence-corrected chi connectivity index (χ1v) is 8.05. The Morgan fingerprint density at radius 2 is 2.05 bits per heavy atom.